The predicted molar refractivity (Wildman–Crippen MR) is 587 cm³/mol. The van der Waals surface area contributed by atoms with Crippen molar-refractivity contribution in [2.24, 2.45) is 0 Å². The fraction of sp³-hybridized carbons (Fsp3) is 0.296. The van der Waals surface area contributed by atoms with Gasteiger partial charge in [0.1, 0.15) is 53.0 Å². The summed E-state index contributed by atoms with van der Waals surface area (Å²) >= 11 is 0. The number of Topliss-reactive ketones (excluding diaryl/α,β-unsaturated/α-hetero) is 1. The lowest BCUT2D eigenvalue weighted by Crippen LogP contribution is -2.59. The third-order valence-corrected chi connectivity index (χ3v) is 29.1. The highest BCUT2D eigenvalue weighted by molar-refractivity contribution is 6.07. The first kappa shape index (κ1) is 94.5. The van der Waals surface area contributed by atoms with Crippen molar-refractivity contribution in [2.45, 2.75) is 62.9 Å². The van der Waals surface area contributed by atoms with Crippen LogP contribution in [0.1, 0.15) is 63.1 Å². The third-order valence-electron chi connectivity index (χ3n) is 29.1. The van der Waals surface area contributed by atoms with Crippen LogP contribution in [-0.4, -0.2) is 255 Å². The van der Waals surface area contributed by atoms with Crippen molar-refractivity contribution >= 4 is 134 Å². The molecular weight excluding hydrogens is 1790 g/mol. The van der Waals surface area contributed by atoms with Crippen LogP contribution < -0.4 is 80.2 Å². The summed E-state index contributed by atoms with van der Waals surface area (Å²) in [6, 6.07) is 66.7. The van der Waals surface area contributed by atoms with Crippen LogP contribution in [0.5, 0.6) is 11.5 Å². The number of rotatable bonds is 16. The Bertz CT molecular complexity index is 6680. The first-order valence-corrected chi connectivity index (χ1v) is 50.1. The second kappa shape index (κ2) is 41.5. The van der Waals surface area contributed by atoms with Gasteiger partial charge in [0.15, 0.2) is 5.78 Å². The van der Waals surface area contributed by atoms with E-state index in [0.29, 0.717) is 53.2 Å². The van der Waals surface area contributed by atoms with Gasteiger partial charge in [0.25, 0.3) is 0 Å². The molecule has 144 heavy (non-hydrogen) atoms. The minimum absolute atomic E-state index is 0.0214. The highest BCUT2D eigenvalue weighted by Crippen LogP contribution is 2.45. The van der Waals surface area contributed by atoms with Crippen LogP contribution in [0.25, 0.3) is 24.3 Å². The molecule has 0 saturated carbocycles. The number of nitrogens with zero attached hydrogens (tertiary/aromatic N) is 21. The summed E-state index contributed by atoms with van der Waals surface area (Å²) in [5.74, 6) is 7.04. The summed E-state index contributed by atoms with van der Waals surface area (Å²) in [5, 5.41) is 17.1. The monoisotopic (exact) mass is 1920 g/mol. The largest absolute Gasteiger partial charge is 0.491 e. The maximum Gasteiger partial charge on any atom is 0.229 e. The van der Waals surface area contributed by atoms with Crippen LogP contribution in [0.15, 0.2) is 292 Å². The molecule has 24 rings (SSSR count). The molecule has 0 amide bonds. The summed E-state index contributed by atoms with van der Waals surface area (Å²) in [6.07, 6.45) is 26.3. The summed E-state index contributed by atoms with van der Waals surface area (Å²) in [5.41, 5.74) is 22.3. The Kier molecular flexibility index (Phi) is 27.2. The van der Waals surface area contributed by atoms with Crippen molar-refractivity contribution in [3.8, 4) is 11.5 Å². The van der Waals surface area contributed by atoms with E-state index >= 15 is 0 Å². The molecule has 0 aliphatic carbocycles. The van der Waals surface area contributed by atoms with Crippen LogP contribution in [0.2, 0.25) is 0 Å². The topological polar surface area (TPSA) is 241 Å². The van der Waals surface area contributed by atoms with E-state index in [9.17, 15) is 4.79 Å². The van der Waals surface area contributed by atoms with Gasteiger partial charge in [-0.05, 0) is 248 Å². The molecule has 12 aliphatic heterocycles. The number of ketones is 1. The first-order valence-electron chi connectivity index (χ1n) is 50.1. The SMILES string of the molecule is C=C1C=Cc2cnc(Nc3ccc(N4CCN(C)CC4)cc3)nc2N1C1C(=O)c2ccccc2OC1(C)C.C=C1C=Cc2cnc(Nc3ccc(N4CCN(C)CC4)cc3)nc2N1C1CNc2ccccc2C1.C=C1C=Cc2cnc(Nc3ccc(N4CCN(C)CC4)cc3)nc2N1C1COc2ccccc2C1.C=C1C=Cc2cnc(Nc3ccc(N4CCN(C)CC4)cc3)nc2N1C1Cc2ccccc2N(C)C1. The van der Waals surface area contributed by atoms with Gasteiger partial charge >= 0.3 is 0 Å². The lowest BCUT2D eigenvalue weighted by molar-refractivity contribution is 0.0492. The zero-order valence-corrected chi connectivity index (χ0v) is 83.2. The number of anilines is 18. The first-order chi connectivity index (χ1) is 70.1. The molecule has 0 radical (unpaired) electrons. The van der Waals surface area contributed by atoms with Crippen molar-refractivity contribution in [1.82, 2.24) is 59.5 Å². The van der Waals surface area contributed by atoms with E-state index in [1.54, 1.807) is 6.20 Å². The molecule has 29 heteroatoms. The van der Waals surface area contributed by atoms with Gasteiger partial charge in [-0.3, -0.25) is 4.79 Å². The molecular formula is C115H126N26O3. The summed E-state index contributed by atoms with van der Waals surface area (Å²) in [4.78, 5) is 81.9. The van der Waals surface area contributed by atoms with Gasteiger partial charge in [0.05, 0.1) is 23.7 Å². The van der Waals surface area contributed by atoms with Crippen molar-refractivity contribution < 1.29 is 14.3 Å². The predicted octanol–water partition coefficient (Wildman–Crippen LogP) is 17.8. The number of aromatic nitrogens is 8. The zero-order valence-electron chi connectivity index (χ0n) is 83.2. The molecule has 4 unspecified atom stereocenters. The average Bonchev–Trinajstić information content (AvgIpc) is 0.731. The molecule has 29 nitrogen and oxygen atoms in total. The van der Waals surface area contributed by atoms with Crippen molar-refractivity contribution in [3.63, 3.8) is 0 Å². The van der Waals surface area contributed by atoms with E-state index in [4.69, 9.17) is 29.4 Å². The average molecular weight is 1920 g/mol. The Labute approximate surface area is 844 Å². The number of hydrogen-bond acceptors (Lipinski definition) is 29. The lowest BCUT2D eigenvalue weighted by Gasteiger charge is -2.45. The van der Waals surface area contributed by atoms with E-state index in [0.717, 1.165) is 222 Å². The molecule has 4 fully saturated rings. The second-order valence-corrected chi connectivity index (χ2v) is 39.5. The number of carbonyl (C=O) groups excluding carboxylic acids is 1. The molecule has 8 aromatic carbocycles. The Balaban J connectivity index is 0.000000113. The standard InChI is InChI=1S/C30H32N6O2.C29H33N7.C28H31N7.C28H30N6O/c1-20-9-10-21-19-31-29(32-22-11-13-23(14-12-22)35-17-15-34(4)16-18-35)33-28(21)36(20)27-26(37)24-7-5-6-8-25(24)38-30(27,2)3;1-21-8-9-23-19-30-29(31-24-10-12-25(13-11-24)35-16-14-33(2)15-17-35)32-28(23)36(21)26-18-22-6-4-5-7-27(22)34(3)20-26;1-20-7-8-22-18-30-28(31-23-9-11-24(12-10-23)34-15-13-33(2)14-16-34)32-27(22)35(20)25-17-21-5-3-4-6-26(21)29-19-25;1-20-7-8-22-18-29-28(30-23-9-11-24(12-10-23)33-15-13-32(2)14-16-33)31-27(22)34(20)25-17-21-5-3-4-6-26(21)35-19-25/h5-14,19,27H,1,15-18H2,2-4H3,(H,31,32,33);4-13,19,26H,1,14-18,20H2,2-3H3,(H,30,31,32);3-12,18,25,29H,1,13-17,19H2,2H3,(H,30,31,32);3-12,18,25H,1,13-17,19H2,2H3,(H,29,30,31). The van der Waals surface area contributed by atoms with Crippen LogP contribution in [0.3, 0.4) is 0 Å². The highest BCUT2D eigenvalue weighted by Gasteiger charge is 2.49. The highest BCUT2D eigenvalue weighted by atomic mass is 16.5. The van der Waals surface area contributed by atoms with Crippen molar-refractivity contribution in [2.75, 3.05) is 230 Å². The normalized spacial score (nSPS) is 19.9. The number of ether oxygens (including phenoxy) is 2. The number of allylic oxidation sites excluding steroid dienone is 4. The molecule has 4 saturated heterocycles. The van der Waals surface area contributed by atoms with E-state index in [2.05, 4.69) is 331 Å². The Morgan fingerprint density at radius 1 is 0.354 bits per heavy atom. The maximum absolute atomic E-state index is 13.8. The van der Waals surface area contributed by atoms with Gasteiger partial charge in [-0.1, -0.05) is 93.0 Å². The van der Waals surface area contributed by atoms with Crippen LogP contribution in [-0.2, 0) is 19.3 Å². The van der Waals surface area contributed by atoms with Gasteiger partial charge in [-0.25, -0.2) is 19.9 Å². The summed E-state index contributed by atoms with van der Waals surface area (Å²) in [6.45, 7) is 40.5. The minimum atomic E-state index is -0.811. The molecule has 5 N–H and O–H groups in total. The molecule has 12 aliphatic rings. The van der Waals surface area contributed by atoms with Gasteiger partial charge in [0.2, 0.25) is 23.8 Å². The summed E-state index contributed by atoms with van der Waals surface area (Å²) < 4.78 is 12.4. The van der Waals surface area contributed by atoms with E-state index in [-0.39, 0.29) is 23.9 Å². The quantitative estimate of drug-likeness (QED) is 0.0604. The van der Waals surface area contributed by atoms with Gasteiger partial charge in [0, 0.05) is 258 Å². The molecule has 4 atom stereocenters. The number of para-hydroxylation sites is 4. The minimum Gasteiger partial charge on any atom is -0.491 e. The molecule has 0 spiro atoms. The van der Waals surface area contributed by atoms with E-state index < -0.39 is 11.6 Å². The fourth-order valence-corrected chi connectivity index (χ4v) is 21.0. The van der Waals surface area contributed by atoms with Gasteiger partial charge in [-0.15, -0.1) is 0 Å². The Morgan fingerprint density at radius 3 is 1.11 bits per heavy atom. The number of nitrogens with one attached hydrogen (secondary N) is 5. The maximum atomic E-state index is 13.8. The molecule has 12 aromatic rings. The van der Waals surface area contributed by atoms with Gasteiger partial charge < -0.3 is 99.8 Å². The fourth-order valence-electron chi connectivity index (χ4n) is 21.0. The third kappa shape index (κ3) is 20.7. The Hall–Kier alpha value is -15.7. The summed E-state index contributed by atoms with van der Waals surface area (Å²) in [7, 11) is 10.9. The smallest absolute Gasteiger partial charge is 0.229 e. The number of carbonyl (C=O) groups is 1. The van der Waals surface area contributed by atoms with Crippen molar-refractivity contribution in [1.29, 1.82) is 0 Å². The number of hydrogen-bond donors (Lipinski definition) is 5. The van der Waals surface area contributed by atoms with E-state index in [1.165, 1.54) is 50.8 Å². The second-order valence-electron chi connectivity index (χ2n) is 39.5. The number of piperazine rings is 4. The Morgan fingerprint density at radius 2 is 0.688 bits per heavy atom. The van der Waals surface area contributed by atoms with Crippen LogP contribution in [0.4, 0.5) is 104 Å². The molecule has 0 bridgehead atoms. The molecule has 16 heterocycles. The van der Waals surface area contributed by atoms with Crippen molar-refractivity contribution in [3.05, 3.63) is 337 Å². The zero-order chi connectivity index (χ0) is 98.6. The molecule has 734 valence electrons. The number of likely N-dealkylation sites (N-methyl/N-ethyl adjacent to an activating group) is 5. The molecule has 4 aromatic heterocycles. The van der Waals surface area contributed by atoms with Gasteiger partial charge in [-0.2, -0.15) is 19.9 Å². The van der Waals surface area contributed by atoms with E-state index in [1.807, 2.05) is 116 Å². The lowest BCUT2D eigenvalue weighted by atomic mass is 9.85. The van der Waals surface area contributed by atoms with Crippen LogP contribution >= 0.6 is 0 Å². The van der Waals surface area contributed by atoms with Crippen LogP contribution in [0, 0.1) is 0 Å². The number of benzene rings is 8. The number of fused-ring (bicyclic) bond motifs is 8.